The second-order valence-corrected chi connectivity index (χ2v) is 10.1. The van der Waals surface area contributed by atoms with E-state index in [1.54, 1.807) is 0 Å². The van der Waals surface area contributed by atoms with Crippen molar-refractivity contribution < 1.29 is 9.90 Å². The minimum atomic E-state index is -1.06. The lowest BCUT2D eigenvalue weighted by Crippen LogP contribution is -2.51. The van der Waals surface area contributed by atoms with Crippen molar-refractivity contribution in [2.24, 2.45) is 17.3 Å². The van der Waals surface area contributed by atoms with Crippen molar-refractivity contribution in [2.75, 3.05) is 0 Å². The van der Waals surface area contributed by atoms with Gasteiger partial charge in [-0.2, -0.15) is 0 Å². The van der Waals surface area contributed by atoms with Crippen LogP contribution in [0, 0.1) is 40.9 Å². The Hall–Kier alpha value is -2.26. The molecule has 3 heteroatoms. The SMILES string of the molecule is C#Cc1ccc([C@H]2C[C@]3(C)[C@@H](CCC3(O)C#CCl)[C@@H]3CCC4=CC(=O)CCC4=C32)cc1. The largest absolute Gasteiger partial charge is 0.377 e. The van der Waals surface area contributed by atoms with E-state index in [1.165, 1.54) is 22.3 Å². The molecule has 0 radical (unpaired) electrons. The summed E-state index contributed by atoms with van der Waals surface area (Å²) in [4.78, 5) is 12.1. The van der Waals surface area contributed by atoms with Gasteiger partial charge in [0, 0.05) is 28.7 Å². The Labute approximate surface area is 189 Å². The molecule has 2 saturated carbocycles. The van der Waals surface area contributed by atoms with E-state index in [-0.39, 0.29) is 17.1 Å². The van der Waals surface area contributed by atoms with Gasteiger partial charge < -0.3 is 5.11 Å². The van der Waals surface area contributed by atoms with Crippen LogP contribution in [0.2, 0.25) is 0 Å². The van der Waals surface area contributed by atoms with Gasteiger partial charge >= 0.3 is 0 Å². The molecule has 158 valence electrons. The van der Waals surface area contributed by atoms with Crippen LogP contribution < -0.4 is 0 Å². The van der Waals surface area contributed by atoms with Gasteiger partial charge in [0.1, 0.15) is 5.60 Å². The molecule has 1 aromatic carbocycles. The minimum Gasteiger partial charge on any atom is -0.377 e. The molecule has 31 heavy (non-hydrogen) atoms. The Morgan fingerprint density at radius 1 is 1.16 bits per heavy atom. The lowest BCUT2D eigenvalue weighted by Gasteiger charge is -2.53. The molecular formula is C28H27ClO2. The third-order valence-corrected chi connectivity index (χ3v) is 8.71. The van der Waals surface area contributed by atoms with Gasteiger partial charge in [-0.1, -0.05) is 36.5 Å². The number of fused-ring (bicyclic) bond motifs is 4. The summed E-state index contributed by atoms with van der Waals surface area (Å²) in [5.41, 5.74) is 4.86. The summed E-state index contributed by atoms with van der Waals surface area (Å²) in [5.74, 6) is 6.90. The summed E-state index contributed by atoms with van der Waals surface area (Å²) in [5, 5.41) is 14.1. The third-order valence-electron chi connectivity index (χ3n) is 8.62. The highest BCUT2D eigenvalue weighted by molar-refractivity contribution is 6.30. The summed E-state index contributed by atoms with van der Waals surface area (Å²) in [7, 11) is 0. The van der Waals surface area contributed by atoms with Crippen LogP contribution in [0.5, 0.6) is 0 Å². The molecule has 0 heterocycles. The van der Waals surface area contributed by atoms with Gasteiger partial charge in [0.15, 0.2) is 5.78 Å². The van der Waals surface area contributed by atoms with Gasteiger partial charge in [0.2, 0.25) is 0 Å². The van der Waals surface area contributed by atoms with E-state index in [0.717, 1.165) is 37.7 Å². The molecule has 0 aromatic heterocycles. The van der Waals surface area contributed by atoms with Crippen molar-refractivity contribution in [1.29, 1.82) is 0 Å². The molecule has 2 fully saturated rings. The first-order chi connectivity index (χ1) is 14.9. The average molecular weight is 431 g/mol. The quantitative estimate of drug-likeness (QED) is 0.597. The molecule has 4 aliphatic rings. The van der Waals surface area contributed by atoms with Crippen LogP contribution in [0.3, 0.4) is 0 Å². The second kappa shape index (κ2) is 7.41. The summed E-state index contributed by atoms with van der Waals surface area (Å²) in [6.07, 6.45) is 13.3. The van der Waals surface area contributed by atoms with Crippen molar-refractivity contribution in [3.8, 4) is 23.6 Å². The molecular weight excluding hydrogens is 404 g/mol. The van der Waals surface area contributed by atoms with Crippen LogP contribution in [0.4, 0.5) is 0 Å². The van der Waals surface area contributed by atoms with Gasteiger partial charge in [0.05, 0.1) is 0 Å². The number of allylic oxidation sites excluding steroid dienone is 4. The van der Waals surface area contributed by atoms with E-state index in [0.29, 0.717) is 24.7 Å². The molecule has 1 N–H and O–H groups in total. The van der Waals surface area contributed by atoms with E-state index in [1.807, 2.05) is 18.2 Å². The molecule has 0 spiro atoms. The molecule has 1 aromatic rings. The van der Waals surface area contributed by atoms with Gasteiger partial charge in [-0.3, -0.25) is 4.79 Å². The first-order valence-electron chi connectivity index (χ1n) is 11.3. The van der Waals surface area contributed by atoms with E-state index in [9.17, 15) is 9.90 Å². The fourth-order valence-electron chi connectivity index (χ4n) is 7.06. The molecule has 0 bridgehead atoms. The van der Waals surface area contributed by atoms with Crippen molar-refractivity contribution in [1.82, 2.24) is 0 Å². The van der Waals surface area contributed by atoms with Crippen molar-refractivity contribution in [3.63, 3.8) is 0 Å². The molecule has 5 atom stereocenters. The van der Waals surface area contributed by atoms with Gasteiger partial charge in [-0.05, 0) is 96.9 Å². The molecule has 0 amide bonds. The van der Waals surface area contributed by atoms with Crippen molar-refractivity contribution in [3.05, 3.63) is 58.2 Å². The minimum absolute atomic E-state index is 0.187. The number of benzene rings is 1. The number of aliphatic hydroxyl groups is 1. The number of hydrogen-bond donors (Lipinski definition) is 1. The predicted octanol–water partition coefficient (Wildman–Crippen LogP) is 5.50. The Bertz CT molecular complexity index is 1110. The average Bonchev–Trinajstić information content (AvgIpc) is 3.03. The Morgan fingerprint density at radius 3 is 2.65 bits per heavy atom. The molecule has 1 unspecified atom stereocenters. The second-order valence-electron chi connectivity index (χ2n) is 9.88. The molecule has 0 aliphatic heterocycles. The normalized spacial score (nSPS) is 36.4. The maximum absolute atomic E-state index is 12.1. The molecule has 5 rings (SSSR count). The van der Waals surface area contributed by atoms with Crippen LogP contribution in [-0.4, -0.2) is 16.5 Å². The third kappa shape index (κ3) is 3.04. The molecule has 2 nitrogen and oxygen atoms in total. The fourth-order valence-corrected chi connectivity index (χ4v) is 7.22. The van der Waals surface area contributed by atoms with Crippen LogP contribution >= 0.6 is 11.6 Å². The number of terminal acetylenes is 1. The van der Waals surface area contributed by atoms with E-state index in [2.05, 4.69) is 36.3 Å². The maximum Gasteiger partial charge on any atom is 0.156 e. The van der Waals surface area contributed by atoms with Crippen LogP contribution in [0.1, 0.15) is 68.9 Å². The number of carbonyl (C=O) groups excluding carboxylic acids is 1. The number of carbonyl (C=O) groups is 1. The summed E-state index contributed by atoms with van der Waals surface area (Å²) in [6.45, 7) is 2.21. The zero-order valence-electron chi connectivity index (χ0n) is 17.9. The van der Waals surface area contributed by atoms with E-state index in [4.69, 9.17) is 18.0 Å². The zero-order valence-corrected chi connectivity index (χ0v) is 18.6. The fraction of sp³-hybridized carbons (Fsp3) is 0.464. The van der Waals surface area contributed by atoms with E-state index < -0.39 is 5.60 Å². The summed E-state index contributed by atoms with van der Waals surface area (Å²) < 4.78 is 0. The zero-order chi connectivity index (χ0) is 21.8. The van der Waals surface area contributed by atoms with Gasteiger partial charge in [0.25, 0.3) is 0 Å². The highest BCUT2D eigenvalue weighted by atomic mass is 35.5. The lowest BCUT2D eigenvalue weighted by molar-refractivity contribution is -0.114. The number of ketones is 1. The number of hydrogen-bond acceptors (Lipinski definition) is 2. The lowest BCUT2D eigenvalue weighted by atomic mass is 9.51. The Kier molecular flexibility index (Phi) is 4.93. The highest BCUT2D eigenvalue weighted by Gasteiger charge is 2.62. The van der Waals surface area contributed by atoms with Crippen LogP contribution in [-0.2, 0) is 4.79 Å². The Morgan fingerprint density at radius 2 is 1.94 bits per heavy atom. The van der Waals surface area contributed by atoms with Crippen molar-refractivity contribution >= 4 is 17.4 Å². The summed E-state index contributed by atoms with van der Waals surface area (Å²) in [6, 6.07) is 8.30. The van der Waals surface area contributed by atoms with Crippen molar-refractivity contribution in [2.45, 2.75) is 63.4 Å². The highest BCUT2D eigenvalue weighted by Crippen LogP contribution is 2.66. The first-order valence-corrected chi connectivity index (χ1v) is 11.7. The molecule has 0 saturated heterocycles. The summed E-state index contributed by atoms with van der Waals surface area (Å²) >= 11 is 5.80. The number of rotatable bonds is 1. The molecule has 4 aliphatic carbocycles. The van der Waals surface area contributed by atoms with Gasteiger partial charge in [-0.15, -0.1) is 6.42 Å². The van der Waals surface area contributed by atoms with E-state index >= 15 is 0 Å². The Balaban J connectivity index is 1.69. The van der Waals surface area contributed by atoms with Crippen LogP contribution in [0.25, 0.3) is 0 Å². The first kappa shape index (κ1) is 20.6. The topological polar surface area (TPSA) is 37.3 Å². The van der Waals surface area contributed by atoms with Gasteiger partial charge in [-0.25, -0.2) is 0 Å². The van der Waals surface area contributed by atoms with Crippen LogP contribution in [0.15, 0.2) is 47.1 Å². The maximum atomic E-state index is 12.1. The number of halogens is 1. The standard InChI is InChI=1S/C28H27ClO2/c1-3-18-4-6-19(7-5-18)24-17-27(2)25(12-13-28(27,31)14-15-29)23-10-8-20-16-21(30)9-11-22(20)26(23)24/h1,4-7,16,23-25,31H,8-13,17H2,2H3/t23-,24+,25-,27+,28?/m0/s1. The predicted molar refractivity (Wildman–Crippen MR) is 123 cm³/mol. The monoisotopic (exact) mass is 430 g/mol. The smallest absolute Gasteiger partial charge is 0.156 e.